The highest BCUT2D eigenvalue weighted by Gasteiger charge is 2.31. The van der Waals surface area contributed by atoms with Crippen molar-refractivity contribution < 1.29 is 23.1 Å². The van der Waals surface area contributed by atoms with Gasteiger partial charge >= 0.3 is 7.60 Å². The fraction of sp³-hybridized carbons (Fsp3) is 0.688. The molecule has 6 nitrogen and oxygen atoms in total. The lowest BCUT2D eigenvalue weighted by molar-refractivity contribution is -0.180. The highest BCUT2D eigenvalue weighted by atomic mass is 35.5. The third kappa shape index (κ3) is 5.17. The maximum atomic E-state index is 12.6. The molecule has 0 unspecified atom stereocenters. The molecule has 0 fully saturated rings. The number of nitrogens with zero attached hydrogens (tertiary/aromatic N) is 1. The molecule has 0 saturated heterocycles. The lowest BCUT2D eigenvalue weighted by atomic mass is 10.0. The number of fused-ring (bicyclic) bond motifs is 1. The highest BCUT2D eigenvalue weighted by molar-refractivity contribution is 7.53. The normalized spacial score (nSPS) is 16.0. The van der Waals surface area contributed by atoms with Gasteiger partial charge in [0, 0.05) is 25.6 Å². The largest absolute Gasteiger partial charge is 0.461 e. The van der Waals surface area contributed by atoms with E-state index in [1.807, 2.05) is 34.6 Å². The van der Waals surface area contributed by atoms with Crippen LogP contribution in [0.1, 0.15) is 44.5 Å². The molecule has 8 heteroatoms. The van der Waals surface area contributed by atoms with E-state index in [1.165, 1.54) is 0 Å². The van der Waals surface area contributed by atoms with Crippen LogP contribution in [0.15, 0.2) is 6.20 Å². The molecule has 1 aliphatic rings. The number of hydrogen-bond acceptors (Lipinski definition) is 6. The molecule has 0 bridgehead atoms. The number of ether oxygens (including phenoxy) is 2. The third-order valence-corrected chi connectivity index (χ3v) is 5.70. The summed E-state index contributed by atoms with van der Waals surface area (Å²) >= 11 is 0. The van der Waals surface area contributed by atoms with Gasteiger partial charge in [-0.3, -0.25) is 9.55 Å². The second-order valence-corrected chi connectivity index (χ2v) is 8.07. The van der Waals surface area contributed by atoms with Crippen LogP contribution in [0.4, 0.5) is 0 Å². The number of rotatable bonds is 7. The Morgan fingerprint density at radius 3 is 2.50 bits per heavy atom. The summed E-state index contributed by atoms with van der Waals surface area (Å²) < 4.78 is 34.9. The van der Waals surface area contributed by atoms with Crippen LogP contribution in [0.25, 0.3) is 0 Å². The van der Waals surface area contributed by atoms with E-state index in [-0.39, 0.29) is 12.4 Å². The Kier molecular flexibility index (Phi) is 7.70. The Bertz CT molecular complexity index is 598. The molecule has 2 rings (SSSR count). The maximum Gasteiger partial charge on any atom is 0.330 e. The minimum absolute atomic E-state index is 0. The van der Waals surface area contributed by atoms with Gasteiger partial charge in [0.15, 0.2) is 0 Å². The summed E-state index contributed by atoms with van der Waals surface area (Å²) in [6.07, 6.45) is 2.65. The first kappa shape index (κ1) is 21.4. The molecule has 0 aliphatic carbocycles. The Morgan fingerprint density at radius 1 is 1.29 bits per heavy atom. The fourth-order valence-electron chi connectivity index (χ4n) is 2.52. The first-order chi connectivity index (χ1) is 10.8. The molecular weight excluding hydrogens is 353 g/mol. The molecule has 24 heavy (non-hydrogen) atoms. The van der Waals surface area contributed by atoms with Gasteiger partial charge in [-0.1, -0.05) is 0 Å². The summed E-state index contributed by atoms with van der Waals surface area (Å²) in [7, 11) is -3.07. The minimum Gasteiger partial charge on any atom is -0.461 e. The molecule has 0 amide bonds. The second-order valence-electron chi connectivity index (χ2n) is 5.89. The van der Waals surface area contributed by atoms with Crippen molar-refractivity contribution in [1.29, 1.82) is 0 Å². The predicted molar refractivity (Wildman–Crippen MR) is 95.1 cm³/mol. The second kappa shape index (κ2) is 8.63. The molecule has 0 saturated carbocycles. The number of aryl methyl sites for hydroxylation is 2. The van der Waals surface area contributed by atoms with Gasteiger partial charge in [0.25, 0.3) is 0 Å². The average Bonchev–Trinajstić information content (AvgIpc) is 2.47. The molecule has 1 aromatic rings. The Labute approximate surface area is 150 Å². The van der Waals surface area contributed by atoms with Crippen LogP contribution in [-0.4, -0.2) is 30.1 Å². The molecule has 0 N–H and O–H groups in total. The van der Waals surface area contributed by atoms with Crippen molar-refractivity contribution in [2.45, 2.75) is 53.4 Å². The summed E-state index contributed by atoms with van der Waals surface area (Å²) in [6.45, 7) is 10.5. The zero-order valence-electron chi connectivity index (χ0n) is 15.0. The van der Waals surface area contributed by atoms with Gasteiger partial charge in [-0.25, -0.2) is 0 Å². The van der Waals surface area contributed by atoms with Gasteiger partial charge in [-0.15, -0.1) is 12.4 Å². The summed E-state index contributed by atoms with van der Waals surface area (Å²) in [4.78, 5) is 4.40. The minimum atomic E-state index is -3.07. The van der Waals surface area contributed by atoms with Crippen molar-refractivity contribution in [2.24, 2.45) is 0 Å². The number of aromatic nitrogens is 1. The van der Waals surface area contributed by atoms with Crippen LogP contribution < -0.4 is 4.74 Å². The van der Waals surface area contributed by atoms with E-state index < -0.39 is 13.4 Å². The van der Waals surface area contributed by atoms with E-state index in [4.69, 9.17) is 18.5 Å². The first-order valence-corrected chi connectivity index (χ1v) is 9.71. The van der Waals surface area contributed by atoms with Gasteiger partial charge in [0.05, 0.1) is 31.7 Å². The first-order valence-electron chi connectivity index (χ1n) is 7.98. The van der Waals surface area contributed by atoms with E-state index in [0.717, 1.165) is 22.6 Å². The van der Waals surface area contributed by atoms with Crippen LogP contribution >= 0.6 is 20.0 Å². The molecular formula is C16H27ClNO5P. The fourth-order valence-corrected chi connectivity index (χ4v) is 4.16. The maximum absolute atomic E-state index is 12.6. The van der Waals surface area contributed by atoms with Crippen LogP contribution in [0.5, 0.6) is 5.75 Å². The van der Waals surface area contributed by atoms with Crippen LogP contribution in [-0.2, 0) is 31.4 Å². The van der Waals surface area contributed by atoms with Gasteiger partial charge in [-0.2, -0.15) is 0 Å². The molecule has 1 aliphatic heterocycles. The Balaban J connectivity index is 0.00000288. The van der Waals surface area contributed by atoms with Crippen molar-refractivity contribution in [2.75, 3.05) is 19.4 Å². The third-order valence-electron chi connectivity index (χ3n) is 3.62. The van der Waals surface area contributed by atoms with Crippen molar-refractivity contribution in [3.63, 3.8) is 0 Å². The molecule has 0 atom stereocenters. The number of hydrogen-bond donors (Lipinski definition) is 0. The summed E-state index contributed by atoms with van der Waals surface area (Å²) in [5.41, 5.74) is 2.76. The van der Waals surface area contributed by atoms with Gasteiger partial charge in [-0.05, 0) is 32.8 Å². The van der Waals surface area contributed by atoms with Gasteiger partial charge in [0.1, 0.15) is 5.75 Å². The van der Waals surface area contributed by atoms with Crippen molar-refractivity contribution in [3.05, 3.63) is 23.0 Å². The smallest absolute Gasteiger partial charge is 0.330 e. The quantitative estimate of drug-likeness (QED) is 0.659. The predicted octanol–water partition coefficient (Wildman–Crippen LogP) is 4.27. The van der Waals surface area contributed by atoms with Crippen LogP contribution in [0.2, 0.25) is 0 Å². The lowest BCUT2D eigenvalue weighted by Gasteiger charge is -2.34. The summed E-state index contributed by atoms with van der Waals surface area (Å²) in [5, 5.41) is 0. The monoisotopic (exact) mass is 379 g/mol. The van der Waals surface area contributed by atoms with Crippen molar-refractivity contribution in [1.82, 2.24) is 4.98 Å². The van der Waals surface area contributed by atoms with E-state index in [1.54, 1.807) is 6.20 Å². The van der Waals surface area contributed by atoms with Gasteiger partial charge in [0.2, 0.25) is 5.79 Å². The molecule has 0 spiro atoms. The van der Waals surface area contributed by atoms with Crippen molar-refractivity contribution >= 4 is 20.0 Å². The standard InChI is InChI=1S/C16H26NO5P.ClH/c1-6-20-23(18,21-7-2)9-8-13-10-17-12(3)15-14(13)11-19-16(4,5)22-15;/h10H,6-9,11H2,1-5H3;1H. The average molecular weight is 380 g/mol. The highest BCUT2D eigenvalue weighted by Crippen LogP contribution is 2.48. The molecule has 1 aromatic heterocycles. The van der Waals surface area contributed by atoms with E-state index in [0.29, 0.717) is 32.4 Å². The number of halogens is 1. The van der Waals surface area contributed by atoms with E-state index in [2.05, 4.69) is 4.98 Å². The molecule has 0 aromatic carbocycles. The Morgan fingerprint density at radius 2 is 1.92 bits per heavy atom. The van der Waals surface area contributed by atoms with E-state index >= 15 is 0 Å². The molecule has 0 radical (unpaired) electrons. The summed E-state index contributed by atoms with van der Waals surface area (Å²) in [5.74, 6) is 0.102. The SMILES string of the molecule is CCOP(=O)(CCc1cnc(C)c2c1COC(C)(C)O2)OCC.Cl. The molecule has 2 heterocycles. The zero-order valence-corrected chi connectivity index (χ0v) is 16.7. The molecule has 138 valence electrons. The topological polar surface area (TPSA) is 66.9 Å². The lowest BCUT2D eigenvalue weighted by Crippen LogP contribution is -2.36. The Hall–Kier alpha value is -0.650. The van der Waals surface area contributed by atoms with Gasteiger partial charge < -0.3 is 18.5 Å². The van der Waals surface area contributed by atoms with E-state index in [9.17, 15) is 4.57 Å². The van der Waals surface area contributed by atoms with Crippen LogP contribution in [0.3, 0.4) is 0 Å². The van der Waals surface area contributed by atoms with Crippen LogP contribution in [0, 0.1) is 6.92 Å². The summed E-state index contributed by atoms with van der Waals surface area (Å²) in [6, 6.07) is 0. The number of pyridine rings is 1. The zero-order chi connectivity index (χ0) is 17.1. The van der Waals surface area contributed by atoms with Crippen molar-refractivity contribution in [3.8, 4) is 5.75 Å².